The standard InChI is InChI=1S/C20H21N3O5/c24-18(8-9-19-22-20(23-28-19)17-7-3-11-26-17)21-14-4-1-5-15(12-14)27-13-16-6-2-10-25-16/h1,3-5,7,11-12,16H,2,6,8-10,13H2,(H,21,24). The van der Waals surface area contributed by atoms with E-state index in [1.165, 1.54) is 6.26 Å². The summed E-state index contributed by atoms with van der Waals surface area (Å²) in [6.45, 7) is 1.32. The van der Waals surface area contributed by atoms with Gasteiger partial charge in [0.05, 0.1) is 12.4 Å². The van der Waals surface area contributed by atoms with Crippen LogP contribution in [-0.4, -0.2) is 35.4 Å². The van der Waals surface area contributed by atoms with Gasteiger partial charge in [-0.1, -0.05) is 11.2 Å². The largest absolute Gasteiger partial charge is 0.491 e. The van der Waals surface area contributed by atoms with Crippen LogP contribution in [0.4, 0.5) is 5.69 Å². The van der Waals surface area contributed by atoms with Crippen LogP contribution in [0.5, 0.6) is 5.75 Å². The minimum absolute atomic E-state index is 0.144. The number of carbonyl (C=O) groups excluding carboxylic acids is 1. The van der Waals surface area contributed by atoms with Crippen molar-refractivity contribution < 1.29 is 23.2 Å². The number of hydrogen-bond donors (Lipinski definition) is 1. The first-order chi connectivity index (χ1) is 13.8. The number of nitrogens with zero attached hydrogens (tertiary/aromatic N) is 2. The van der Waals surface area contributed by atoms with Gasteiger partial charge in [-0.05, 0) is 37.1 Å². The highest BCUT2D eigenvalue weighted by Crippen LogP contribution is 2.20. The zero-order valence-corrected chi connectivity index (χ0v) is 15.3. The molecule has 1 aromatic carbocycles. The summed E-state index contributed by atoms with van der Waals surface area (Å²) in [5, 5.41) is 6.70. The molecule has 1 unspecified atom stereocenters. The van der Waals surface area contributed by atoms with Gasteiger partial charge in [0, 0.05) is 31.2 Å². The number of furan rings is 1. The third kappa shape index (κ3) is 4.77. The molecule has 1 amide bonds. The zero-order valence-electron chi connectivity index (χ0n) is 15.3. The Morgan fingerprint density at radius 3 is 3.07 bits per heavy atom. The average Bonchev–Trinajstić information content (AvgIpc) is 3.47. The molecule has 0 radical (unpaired) electrons. The molecule has 3 aromatic rings. The first kappa shape index (κ1) is 18.2. The summed E-state index contributed by atoms with van der Waals surface area (Å²) in [5.74, 6) is 1.84. The van der Waals surface area contributed by atoms with Crippen LogP contribution in [0.3, 0.4) is 0 Å². The number of carbonyl (C=O) groups is 1. The minimum atomic E-state index is -0.144. The molecule has 0 saturated carbocycles. The third-order valence-electron chi connectivity index (χ3n) is 4.35. The molecule has 1 fully saturated rings. The van der Waals surface area contributed by atoms with Crippen LogP contribution in [0.1, 0.15) is 25.2 Å². The fourth-order valence-corrected chi connectivity index (χ4v) is 2.93. The maximum atomic E-state index is 12.2. The van der Waals surface area contributed by atoms with E-state index in [1.807, 2.05) is 18.2 Å². The minimum Gasteiger partial charge on any atom is -0.491 e. The van der Waals surface area contributed by atoms with Crippen molar-refractivity contribution in [2.24, 2.45) is 0 Å². The van der Waals surface area contributed by atoms with Crippen molar-refractivity contribution in [3.05, 3.63) is 48.6 Å². The molecule has 2 aromatic heterocycles. The van der Waals surface area contributed by atoms with Gasteiger partial charge in [-0.25, -0.2) is 0 Å². The van der Waals surface area contributed by atoms with E-state index in [9.17, 15) is 4.79 Å². The molecule has 1 N–H and O–H groups in total. The van der Waals surface area contributed by atoms with Crippen LogP contribution in [0, 0.1) is 0 Å². The third-order valence-corrected chi connectivity index (χ3v) is 4.35. The van der Waals surface area contributed by atoms with Gasteiger partial charge in [0.25, 0.3) is 0 Å². The number of anilines is 1. The van der Waals surface area contributed by atoms with Crippen molar-refractivity contribution in [3.8, 4) is 17.3 Å². The normalized spacial score (nSPS) is 16.2. The second kappa shape index (κ2) is 8.71. The Balaban J connectivity index is 1.26. The first-order valence-electron chi connectivity index (χ1n) is 9.27. The fraction of sp³-hybridized carbons (Fsp3) is 0.350. The number of hydrogen-bond acceptors (Lipinski definition) is 7. The highest BCUT2D eigenvalue weighted by Gasteiger charge is 2.16. The highest BCUT2D eigenvalue weighted by atomic mass is 16.5. The predicted molar refractivity (Wildman–Crippen MR) is 99.9 cm³/mol. The van der Waals surface area contributed by atoms with Gasteiger partial charge in [0.2, 0.25) is 17.6 Å². The van der Waals surface area contributed by atoms with Gasteiger partial charge < -0.3 is 23.7 Å². The Kier molecular flexibility index (Phi) is 5.67. The lowest BCUT2D eigenvalue weighted by atomic mass is 10.2. The van der Waals surface area contributed by atoms with Gasteiger partial charge in [-0.15, -0.1) is 0 Å². The highest BCUT2D eigenvalue weighted by molar-refractivity contribution is 5.90. The summed E-state index contributed by atoms with van der Waals surface area (Å²) in [7, 11) is 0. The second-order valence-electron chi connectivity index (χ2n) is 6.51. The van der Waals surface area contributed by atoms with Crippen LogP contribution in [0.2, 0.25) is 0 Å². The molecule has 8 heteroatoms. The quantitative estimate of drug-likeness (QED) is 0.636. The number of rotatable bonds is 8. The molecule has 146 valence electrons. The maximum Gasteiger partial charge on any atom is 0.238 e. The number of aromatic nitrogens is 2. The van der Waals surface area contributed by atoms with Crippen molar-refractivity contribution in [2.45, 2.75) is 31.8 Å². The van der Waals surface area contributed by atoms with Crippen molar-refractivity contribution in [1.82, 2.24) is 10.1 Å². The fourth-order valence-electron chi connectivity index (χ4n) is 2.93. The summed E-state index contributed by atoms with van der Waals surface area (Å²) in [6.07, 6.45) is 4.35. The average molecular weight is 383 g/mol. The predicted octanol–water partition coefficient (Wildman–Crippen LogP) is 3.46. The Labute approximate surface area is 161 Å². The number of aryl methyl sites for hydroxylation is 1. The lowest BCUT2D eigenvalue weighted by Gasteiger charge is -2.12. The van der Waals surface area contributed by atoms with Gasteiger partial charge >= 0.3 is 0 Å². The van der Waals surface area contributed by atoms with E-state index in [0.717, 1.165) is 19.4 Å². The first-order valence-corrected chi connectivity index (χ1v) is 9.27. The second-order valence-corrected chi connectivity index (χ2v) is 6.51. The Morgan fingerprint density at radius 1 is 1.29 bits per heavy atom. The summed E-state index contributed by atoms with van der Waals surface area (Å²) in [6, 6.07) is 10.8. The van der Waals surface area contributed by atoms with E-state index in [0.29, 0.717) is 41.9 Å². The zero-order chi connectivity index (χ0) is 19.2. The van der Waals surface area contributed by atoms with Crippen molar-refractivity contribution in [2.75, 3.05) is 18.5 Å². The van der Waals surface area contributed by atoms with E-state index < -0.39 is 0 Å². The van der Waals surface area contributed by atoms with Gasteiger partial charge in [0.15, 0.2) is 5.76 Å². The smallest absolute Gasteiger partial charge is 0.238 e. The molecular weight excluding hydrogens is 362 g/mol. The Morgan fingerprint density at radius 2 is 2.25 bits per heavy atom. The molecule has 3 heterocycles. The number of benzene rings is 1. The molecule has 1 aliphatic rings. The summed E-state index contributed by atoms with van der Waals surface area (Å²) in [5.41, 5.74) is 0.677. The summed E-state index contributed by atoms with van der Waals surface area (Å²) >= 11 is 0. The number of amides is 1. The molecule has 1 atom stereocenters. The Bertz CT molecular complexity index is 900. The molecule has 0 bridgehead atoms. The van der Waals surface area contributed by atoms with E-state index in [4.69, 9.17) is 18.4 Å². The molecule has 1 aliphatic heterocycles. The summed E-state index contributed by atoms with van der Waals surface area (Å²) in [4.78, 5) is 16.4. The summed E-state index contributed by atoms with van der Waals surface area (Å²) < 4.78 is 21.7. The SMILES string of the molecule is O=C(CCc1nc(-c2ccco2)no1)Nc1cccc(OCC2CCCO2)c1. The molecule has 0 aliphatic carbocycles. The number of nitrogens with one attached hydrogen (secondary N) is 1. The van der Waals surface area contributed by atoms with Crippen LogP contribution >= 0.6 is 0 Å². The van der Waals surface area contributed by atoms with E-state index in [-0.39, 0.29) is 18.4 Å². The molecular formula is C20H21N3O5. The van der Waals surface area contributed by atoms with Gasteiger partial charge in [0.1, 0.15) is 12.4 Å². The van der Waals surface area contributed by atoms with E-state index in [2.05, 4.69) is 15.5 Å². The molecule has 4 rings (SSSR count). The number of ether oxygens (including phenoxy) is 2. The van der Waals surface area contributed by atoms with Crippen LogP contribution in [0.15, 0.2) is 51.6 Å². The maximum absolute atomic E-state index is 12.2. The van der Waals surface area contributed by atoms with E-state index >= 15 is 0 Å². The molecule has 8 nitrogen and oxygen atoms in total. The topological polar surface area (TPSA) is 99.6 Å². The van der Waals surface area contributed by atoms with Gasteiger partial charge in [-0.3, -0.25) is 4.79 Å². The van der Waals surface area contributed by atoms with Crippen molar-refractivity contribution >= 4 is 11.6 Å². The molecule has 1 saturated heterocycles. The Hall–Kier alpha value is -3.13. The van der Waals surface area contributed by atoms with Crippen molar-refractivity contribution in [1.29, 1.82) is 0 Å². The van der Waals surface area contributed by atoms with Crippen LogP contribution in [-0.2, 0) is 16.0 Å². The van der Waals surface area contributed by atoms with Crippen LogP contribution in [0.25, 0.3) is 11.6 Å². The molecule has 0 spiro atoms. The lowest BCUT2D eigenvalue weighted by Crippen LogP contribution is -2.16. The van der Waals surface area contributed by atoms with E-state index in [1.54, 1.807) is 18.2 Å². The lowest BCUT2D eigenvalue weighted by molar-refractivity contribution is -0.116. The van der Waals surface area contributed by atoms with Crippen molar-refractivity contribution in [3.63, 3.8) is 0 Å². The van der Waals surface area contributed by atoms with Crippen LogP contribution < -0.4 is 10.1 Å². The van der Waals surface area contributed by atoms with Gasteiger partial charge in [-0.2, -0.15) is 4.98 Å². The monoisotopic (exact) mass is 383 g/mol. The molecule has 28 heavy (non-hydrogen) atoms.